The quantitative estimate of drug-likeness (QED) is 0.457. The molecule has 0 unspecified atom stereocenters. The molecule has 9 heteroatoms. The number of thioether (sulfide) groups is 1. The molecule has 2 amide bonds. The van der Waals surface area contributed by atoms with Crippen molar-refractivity contribution in [2.75, 3.05) is 5.32 Å². The minimum atomic E-state index is -0.385. The van der Waals surface area contributed by atoms with Crippen molar-refractivity contribution in [1.29, 1.82) is 0 Å². The predicted molar refractivity (Wildman–Crippen MR) is 134 cm³/mol. The molecule has 2 fully saturated rings. The van der Waals surface area contributed by atoms with Crippen molar-refractivity contribution in [3.8, 4) is 0 Å². The lowest BCUT2D eigenvalue weighted by Crippen LogP contribution is -2.37. The van der Waals surface area contributed by atoms with Crippen LogP contribution in [-0.2, 0) is 11.3 Å². The maximum absolute atomic E-state index is 11.8. The van der Waals surface area contributed by atoms with Crippen LogP contribution in [-0.4, -0.2) is 38.2 Å². The van der Waals surface area contributed by atoms with E-state index in [2.05, 4.69) is 55.2 Å². The Hall–Kier alpha value is -3.30. The zero-order chi connectivity index (χ0) is 23.5. The number of aromatic nitrogens is 3. The average molecular weight is 475 g/mol. The molecule has 1 aromatic carbocycles. The van der Waals surface area contributed by atoms with Crippen LogP contribution in [0.1, 0.15) is 42.6 Å². The summed E-state index contributed by atoms with van der Waals surface area (Å²) < 4.78 is 0. The number of carbonyl (C=O) groups excluding carboxylic acids is 2. The highest BCUT2D eigenvalue weighted by Crippen LogP contribution is 2.26. The first-order valence-electron chi connectivity index (χ1n) is 11.5. The zero-order valence-corrected chi connectivity index (χ0v) is 19.7. The van der Waals surface area contributed by atoms with E-state index in [1.807, 2.05) is 13.0 Å². The fourth-order valence-electron chi connectivity index (χ4n) is 4.50. The Kier molecular flexibility index (Phi) is 6.55. The van der Waals surface area contributed by atoms with E-state index < -0.39 is 0 Å². The largest absolute Gasteiger partial charge is 0.351 e. The number of amides is 2. The number of imide groups is 1. The summed E-state index contributed by atoms with van der Waals surface area (Å²) in [6, 6.07) is 13.0. The van der Waals surface area contributed by atoms with Crippen molar-refractivity contribution >= 4 is 45.8 Å². The molecule has 2 aliphatic rings. The van der Waals surface area contributed by atoms with Crippen LogP contribution in [0.5, 0.6) is 0 Å². The minimum absolute atomic E-state index is 0.302. The number of rotatable bonds is 6. The topological polar surface area (TPSA) is 109 Å². The average Bonchev–Trinajstić information content (AvgIpc) is 3.14. The van der Waals surface area contributed by atoms with Crippen LogP contribution >= 0.6 is 11.8 Å². The molecule has 5 rings (SSSR count). The van der Waals surface area contributed by atoms with Gasteiger partial charge in [0.1, 0.15) is 0 Å². The third-order valence-corrected chi connectivity index (χ3v) is 6.98. The first-order chi connectivity index (χ1) is 16.5. The number of nitrogens with zero attached hydrogens (tertiary/aromatic N) is 3. The van der Waals surface area contributed by atoms with Crippen LogP contribution in [0.25, 0.3) is 17.0 Å². The highest BCUT2D eigenvalue weighted by molar-refractivity contribution is 8.18. The summed E-state index contributed by atoms with van der Waals surface area (Å²) in [6.07, 6.45) is 7.47. The number of fused-ring (bicyclic) bond motifs is 1. The van der Waals surface area contributed by atoms with Gasteiger partial charge in [-0.3, -0.25) is 19.9 Å². The van der Waals surface area contributed by atoms with Gasteiger partial charge in [-0.25, -0.2) is 9.97 Å². The van der Waals surface area contributed by atoms with Crippen molar-refractivity contribution in [2.45, 2.75) is 51.2 Å². The van der Waals surface area contributed by atoms with E-state index >= 15 is 0 Å². The second kappa shape index (κ2) is 9.90. The molecule has 3 N–H and O–H groups in total. The van der Waals surface area contributed by atoms with E-state index in [0.717, 1.165) is 55.2 Å². The lowest BCUT2D eigenvalue weighted by Gasteiger charge is -2.30. The van der Waals surface area contributed by atoms with E-state index in [9.17, 15) is 9.59 Å². The zero-order valence-electron chi connectivity index (χ0n) is 18.9. The number of pyridine rings is 1. The summed E-state index contributed by atoms with van der Waals surface area (Å²) in [7, 11) is 0. The third-order valence-electron chi connectivity index (χ3n) is 6.17. The Morgan fingerprint density at radius 1 is 1.09 bits per heavy atom. The summed E-state index contributed by atoms with van der Waals surface area (Å²) in [5.41, 5.74) is 3.97. The van der Waals surface area contributed by atoms with Crippen molar-refractivity contribution in [3.63, 3.8) is 0 Å². The van der Waals surface area contributed by atoms with E-state index in [1.54, 1.807) is 18.3 Å². The first kappa shape index (κ1) is 22.5. The second-order valence-electron chi connectivity index (χ2n) is 8.67. The van der Waals surface area contributed by atoms with Crippen LogP contribution in [0, 0.1) is 6.92 Å². The van der Waals surface area contributed by atoms with Gasteiger partial charge in [0.05, 0.1) is 16.1 Å². The van der Waals surface area contributed by atoms with Crippen LogP contribution in [0.2, 0.25) is 0 Å². The number of carbonyl (C=O) groups is 2. The fourth-order valence-corrected chi connectivity index (χ4v) is 5.16. The van der Waals surface area contributed by atoms with Gasteiger partial charge >= 0.3 is 0 Å². The predicted octanol–water partition coefficient (Wildman–Crippen LogP) is 4.17. The maximum Gasteiger partial charge on any atom is 0.290 e. The molecule has 0 spiro atoms. The summed E-state index contributed by atoms with van der Waals surface area (Å²) in [4.78, 5) is 36.9. The normalized spacial score (nSPS) is 21.7. The van der Waals surface area contributed by atoms with Crippen LogP contribution in [0.15, 0.2) is 47.5 Å². The number of nitrogens with one attached hydrogen (secondary N) is 3. The van der Waals surface area contributed by atoms with Gasteiger partial charge in [0.25, 0.3) is 11.1 Å². The Labute approximate surface area is 202 Å². The molecular weight excluding hydrogens is 448 g/mol. The van der Waals surface area contributed by atoms with Gasteiger partial charge in [-0.05, 0) is 74.2 Å². The SMILES string of the molecule is Cc1cc(CN[C@H]2CC[C@@H](Nc3nccc(/C=C4\SC(=O)NC4=O)n3)CC2)c2ccccc2n1. The van der Waals surface area contributed by atoms with Gasteiger partial charge in [-0.1, -0.05) is 18.2 Å². The highest BCUT2D eigenvalue weighted by Gasteiger charge is 2.25. The summed E-state index contributed by atoms with van der Waals surface area (Å²) in [6.45, 7) is 2.88. The minimum Gasteiger partial charge on any atom is -0.351 e. The van der Waals surface area contributed by atoms with Gasteiger partial charge in [-0.15, -0.1) is 0 Å². The number of anilines is 1. The Morgan fingerprint density at radius 3 is 2.68 bits per heavy atom. The number of aryl methyl sites for hydroxylation is 1. The van der Waals surface area contributed by atoms with Crippen molar-refractivity contribution in [2.24, 2.45) is 0 Å². The molecule has 1 saturated heterocycles. The second-order valence-corrected chi connectivity index (χ2v) is 9.69. The Bertz CT molecular complexity index is 1270. The molecule has 1 aliphatic carbocycles. The Morgan fingerprint density at radius 2 is 1.88 bits per heavy atom. The summed E-state index contributed by atoms with van der Waals surface area (Å²) in [5, 5.41) is 10.3. The maximum atomic E-state index is 11.8. The lowest BCUT2D eigenvalue weighted by atomic mass is 9.91. The van der Waals surface area contributed by atoms with Gasteiger partial charge in [0.2, 0.25) is 5.95 Å². The molecule has 0 bridgehead atoms. The van der Waals surface area contributed by atoms with Gasteiger partial charge in [-0.2, -0.15) is 0 Å². The van der Waals surface area contributed by atoms with E-state index in [-0.39, 0.29) is 11.1 Å². The number of hydrogen-bond donors (Lipinski definition) is 3. The van der Waals surface area contributed by atoms with E-state index in [0.29, 0.717) is 28.6 Å². The van der Waals surface area contributed by atoms with Gasteiger partial charge in [0.15, 0.2) is 0 Å². The monoisotopic (exact) mass is 474 g/mol. The lowest BCUT2D eigenvalue weighted by molar-refractivity contribution is -0.115. The number of hydrogen-bond acceptors (Lipinski definition) is 8. The molecule has 8 nitrogen and oxygen atoms in total. The molecule has 1 saturated carbocycles. The first-order valence-corrected chi connectivity index (χ1v) is 12.3. The molecule has 3 heterocycles. The highest BCUT2D eigenvalue weighted by atomic mass is 32.2. The van der Waals surface area contributed by atoms with Crippen molar-refractivity contribution < 1.29 is 9.59 Å². The molecule has 174 valence electrons. The van der Waals surface area contributed by atoms with Crippen LogP contribution in [0.3, 0.4) is 0 Å². The number of benzene rings is 1. The fraction of sp³-hybridized carbons (Fsp3) is 0.320. The summed E-state index contributed by atoms with van der Waals surface area (Å²) >= 11 is 0.885. The summed E-state index contributed by atoms with van der Waals surface area (Å²) in [5.74, 6) is 0.156. The van der Waals surface area contributed by atoms with Crippen LogP contribution in [0.4, 0.5) is 10.7 Å². The molecule has 2 aromatic heterocycles. The molecule has 0 atom stereocenters. The molecule has 3 aromatic rings. The number of para-hydroxylation sites is 1. The van der Waals surface area contributed by atoms with Crippen LogP contribution < -0.4 is 16.0 Å². The van der Waals surface area contributed by atoms with Gasteiger partial charge < -0.3 is 10.6 Å². The van der Waals surface area contributed by atoms with E-state index in [1.165, 1.54) is 10.9 Å². The van der Waals surface area contributed by atoms with Crippen molar-refractivity contribution in [3.05, 3.63) is 64.5 Å². The third kappa shape index (κ3) is 5.26. The van der Waals surface area contributed by atoms with Crippen molar-refractivity contribution in [1.82, 2.24) is 25.6 Å². The Balaban J connectivity index is 1.15. The smallest absolute Gasteiger partial charge is 0.290 e. The van der Waals surface area contributed by atoms with Gasteiger partial charge in [0, 0.05) is 35.9 Å². The van der Waals surface area contributed by atoms with E-state index in [4.69, 9.17) is 0 Å². The molecule has 34 heavy (non-hydrogen) atoms. The molecule has 0 radical (unpaired) electrons. The molecular formula is C25H26N6O2S. The molecule has 1 aliphatic heterocycles. The standard InChI is InChI=1S/C25H26N6O2S/c1-15-12-16(20-4-2-3-5-21(20)28-15)14-27-17-6-8-18(9-7-17)29-24-26-11-10-19(30-24)13-22-23(32)31-25(33)34-22/h2-5,10-13,17-18,27H,6-9,14H2,1H3,(H,26,29,30)(H,31,32,33)/b22-13-/t17-,18+.